The number of rotatable bonds is 6. The Kier molecular flexibility index (Phi) is 4.65. The van der Waals surface area contributed by atoms with Gasteiger partial charge in [-0.1, -0.05) is 0 Å². The highest BCUT2D eigenvalue weighted by molar-refractivity contribution is 7.90. The summed E-state index contributed by atoms with van der Waals surface area (Å²) in [4.78, 5) is 14.7. The number of thiazole rings is 1. The molecule has 1 aromatic rings. The summed E-state index contributed by atoms with van der Waals surface area (Å²) < 4.78 is 22.2. The highest BCUT2D eigenvalue weighted by Crippen LogP contribution is 2.20. The van der Waals surface area contributed by atoms with Crippen molar-refractivity contribution in [1.29, 1.82) is 0 Å². The molecule has 1 aromatic heterocycles. The SMILES string of the molecule is CC(CS(C)(=O)=O)Nc1nc(C(N)C(=O)O)cs1. The summed E-state index contributed by atoms with van der Waals surface area (Å²) in [5.74, 6) is -1.18. The molecule has 0 aliphatic carbocycles. The summed E-state index contributed by atoms with van der Waals surface area (Å²) in [6.07, 6.45) is 1.15. The Morgan fingerprint density at radius 1 is 1.67 bits per heavy atom. The summed E-state index contributed by atoms with van der Waals surface area (Å²) >= 11 is 1.19. The number of carboxylic acids is 1. The summed E-state index contributed by atoms with van der Waals surface area (Å²) in [6, 6.07) is -1.47. The van der Waals surface area contributed by atoms with E-state index in [2.05, 4.69) is 10.3 Å². The fourth-order valence-electron chi connectivity index (χ4n) is 1.33. The van der Waals surface area contributed by atoms with Gasteiger partial charge in [-0.25, -0.2) is 13.4 Å². The maximum Gasteiger partial charge on any atom is 0.326 e. The predicted octanol–water partition coefficient (Wildman–Crippen LogP) is 0.0725. The van der Waals surface area contributed by atoms with E-state index < -0.39 is 21.8 Å². The van der Waals surface area contributed by atoms with Crippen LogP contribution in [0.1, 0.15) is 18.7 Å². The lowest BCUT2D eigenvalue weighted by atomic mass is 10.2. The molecule has 0 saturated heterocycles. The van der Waals surface area contributed by atoms with E-state index >= 15 is 0 Å². The molecule has 0 saturated carbocycles. The van der Waals surface area contributed by atoms with Crippen LogP contribution in [-0.2, 0) is 14.6 Å². The van der Waals surface area contributed by atoms with E-state index in [0.717, 1.165) is 6.26 Å². The predicted molar refractivity (Wildman–Crippen MR) is 69.5 cm³/mol. The molecule has 0 aliphatic heterocycles. The number of nitrogens with zero attached hydrogens (tertiary/aromatic N) is 1. The molecule has 0 radical (unpaired) electrons. The van der Waals surface area contributed by atoms with Gasteiger partial charge in [0.15, 0.2) is 5.13 Å². The molecule has 0 aliphatic rings. The molecule has 0 bridgehead atoms. The van der Waals surface area contributed by atoms with Gasteiger partial charge in [-0.15, -0.1) is 11.3 Å². The zero-order chi connectivity index (χ0) is 13.9. The van der Waals surface area contributed by atoms with Gasteiger partial charge in [0.05, 0.1) is 11.4 Å². The van der Waals surface area contributed by atoms with Crippen LogP contribution < -0.4 is 11.1 Å². The number of aliphatic carboxylic acids is 1. The fraction of sp³-hybridized carbons (Fsp3) is 0.556. The third-order valence-electron chi connectivity index (χ3n) is 2.03. The number of sulfone groups is 1. The van der Waals surface area contributed by atoms with Crippen LogP contribution >= 0.6 is 11.3 Å². The van der Waals surface area contributed by atoms with E-state index in [0.29, 0.717) is 5.13 Å². The van der Waals surface area contributed by atoms with Crippen molar-refractivity contribution >= 4 is 32.3 Å². The van der Waals surface area contributed by atoms with E-state index in [1.165, 1.54) is 16.7 Å². The Hall–Kier alpha value is -1.19. The second-order valence-electron chi connectivity index (χ2n) is 4.03. The second kappa shape index (κ2) is 5.63. The topological polar surface area (TPSA) is 122 Å². The molecule has 1 heterocycles. The molecule has 1 rings (SSSR count). The maximum absolute atomic E-state index is 11.1. The largest absolute Gasteiger partial charge is 0.480 e. The van der Waals surface area contributed by atoms with Crippen LogP contribution in [0.4, 0.5) is 5.13 Å². The molecule has 2 unspecified atom stereocenters. The van der Waals surface area contributed by atoms with Crippen molar-refractivity contribution in [2.75, 3.05) is 17.3 Å². The van der Waals surface area contributed by atoms with Gasteiger partial charge in [0, 0.05) is 17.7 Å². The minimum atomic E-state index is -3.07. The minimum Gasteiger partial charge on any atom is -0.480 e. The van der Waals surface area contributed by atoms with Gasteiger partial charge in [-0.05, 0) is 6.92 Å². The first kappa shape index (κ1) is 14.9. The van der Waals surface area contributed by atoms with Crippen molar-refractivity contribution in [3.05, 3.63) is 11.1 Å². The lowest BCUT2D eigenvalue weighted by Gasteiger charge is -2.11. The van der Waals surface area contributed by atoms with E-state index in [1.807, 2.05) is 0 Å². The van der Waals surface area contributed by atoms with E-state index in [9.17, 15) is 13.2 Å². The van der Waals surface area contributed by atoms with Gasteiger partial charge in [0.25, 0.3) is 0 Å². The molecule has 102 valence electrons. The fourth-order valence-corrected chi connectivity index (χ4v) is 3.18. The Morgan fingerprint density at radius 2 is 2.28 bits per heavy atom. The molecule has 0 amide bonds. The number of aromatic nitrogens is 1. The molecule has 9 heteroatoms. The number of nitrogens with one attached hydrogen (secondary N) is 1. The Morgan fingerprint density at radius 3 is 2.78 bits per heavy atom. The second-order valence-corrected chi connectivity index (χ2v) is 7.07. The highest BCUT2D eigenvalue weighted by Gasteiger charge is 2.18. The van der Waals surface area contributed by atoms with Gasteiger partial charge in [0.1, 0.15) is 15.9 Å². The number of carbonyl (C=O) groups is 1. The maximum atomic E-state index is 11.1. The Labute approximate surface area is 109 Å². The van der Waals surface area contributed by atoms with Crippen LogP contribution in [0.3, 0.4) is 0 Å². The Balaban J connectivity index is 2.67. The molecule has 0 spiro atoms. The molecule has 4 N–H and O–H groups in total. The van der Waals surface area contributed by atoms with Crippen molar-refractivity contribution < 1.29 is 18.3 Å². The van der Waals surface area contributed by atoms with Crippen LogP contribution in [0.15, 0.2) is 5.38 Å². The third-order valence-corrected chi connectivity index (χ3v) is 3.93. The van der Waals surface area contributed by atoms with Crippen LogP contribution in [0, 0.1) is 0 Å². The van der Waals surface area contributed by atoms with Gasteiger partial charge in [-0.2, -0.15) is 0 Å². The normalized spacial score (nSPS) is 15.1. The van der Waals surface area contributed by atoms with E-state index in [4.69, 9.17) is 10.8 Å². The summed E-state index contributed by atoms with van der Waals surface area (Å²) in [6.45, 7) is 1.71. The lowest BCUT2D eigenvalue weighted by Crippen LogP contribution is -2.25. The van der Waals surface area contributed by atoms with Gasteiger partial charge in [0.2, 0.25) is 0 Å². The average molecular weight is 293 g/mol. The monoisotopic (exact) mass is 293 g/mol. The van der Waals surface area contributed by atoms with Crippen molar-refractivity contribution in [2.45, 2.75) is 19.0 Å². The summed E-state index contributed by atoms with van der Waals surface area (Å²) in [7, 11) is -3.07. The van der Waals surface area contributed by atoms with Crippen molar-refractivity contribution in [2.24, 2.45) is 5.73 Å². The molecular weight excluding hydrogens is 278 g/mol. The third kappa shape index (κ3) is 4.59. The molecule has 7 nitrogen and oxygen atoms in total. The van der Waals surface area contributed by atoms with Gasteiger partial charge in [-0.3, -0.25) is 4.79 Å². The van der Waals surface area contributed by atoms with Crippen molar-refractivity contribution in [3.63, 3.8) is 0 Å². The van der Waals surface area contributed by atoms with Crippen LogP contribution in [0.2, 0.25) is 0 Å². The number of nitrogens with two attached hydrogens (primary N) is 1. The standard InChI is InChI=1S/C9H15N3O4S2/c1-5(4-18(2,15)16)11-9-12-6(3-17-9)7(10)8(13)14/h3,5,7H,4,10H2,1-2H3,(H,11,12)(H,13,14). The van der Waals surface area contributed by atoms with Gasteiger partial charge < -0.3 is 16.2 Å². The zero-order valence-electron chi connectivity index (χ0n) is 9.95. The van der Waals surface area contributed by atoms with Crippen LogP contribution in [0.5, 0.6) is 0 Å². The quantitative estimate of drug-likeness (QED) is 0.678. The van der Waals surface area contributed by atoms with E-state index in [-0.39, 0.29) is 17.5 Å². The van der Waals surface area contributed by atoms with E-state index in [1.54, 1.807) is 6.92 Å². The molecule has 18 heavy (non-hydrogen) atoms. The first-order chi connectivity index (χ1) is 8.19. The first-order valence-electron chi connectivity index (χ1n) is 5.07. The molecule has 2 atom stereocenters. The van der Waals surface area contributed by atoms with Crippen LogP contribution in [0.25, 0.3) is 0 Å². The van der Waals surface area contributed by atoms with Gasteiger partial charge >= 0.3 is 5.97 Å². The average Bonchev–Trinajstić information content (AvgIpc) is 2.61. The number of hydrogen-bond donors (Lipinski definition) is 3. The molecule has 0 aromatic carbocycles. The van der Waals surface area contributed by atoms with Crippen LogP contribution in [-0.4, -0.2) is 42.5 Å². The number of anilines is 1. The Bertz CT molecular complexity index is 526. The first-order valence-corrected chi connectivity index (χ1v) is 8.01. The van der Waals surface area contributed by atoms with Crippen molar-refractivity contribution in [3.8, 4) is 0 Å². The lowest BCUT2D eigenvalue weighted by molar-refractivity contribution is -0.138. The zero-order valence-corrected chi connectivity index (χ0v) is 11.6. The van der Waals surface area contributed by atoms with Crippen molar-refractivity contribution in [1.82, 2.24) is 4.98 Å². The highest BCUT2D eigenvalue weighted by atomic mass is 32.2. The summed E-state index contributed by atoms with van der Waals surface area (Å²) in [5, 5.41) is 13.6. The number of hydrogen-bond acceptors (Lipinski definition) is 7. The summed E-state index contributed by atoms with van der Waals surface area (Å²) in [5.41, 5.74) is 5.66. The number of carboxylic acid groups (broad SMARTS) is 1. The smallest absolute Gasteiger partial charge is 0.326 e. The molecular formula is C9H15N3O4S2. The minimum absolute atomic E-state index is 0.0209. The molecule has 0 fully saturated rings.